The zero-order valence-electron chi connectivity index (χ0n) is 11.0. The number of benzene rings is 1. The molecule has 0 saturated carbocycles. The number of hydrogen-bond acceptors (Lipinski definition) is 3. The third-order valence-electron chi connectivity index (χ3n) is 3.00. The van der Waals surface area contributed by atoms with Crippen LogP contribution >= 0.6 is 23.2 Å². The molecule has 0 bridgehead atoms. The summed E-state index contributed by atoms with van der Waals surface area (Å²) in [5, 5.41) is 12.2. The molecule has 1 aromatic carbocycles. The van der Waals surface area contributed by atoms with Crippen molar-refractivity contribution in [2.75, 3.05) is 25.0 Å². The van der Waals surface area contributed by atoms with E-state index in [0.717, 1.165) is 0 Å². The lowest BCUT2D eigenvalue weighted by Crippen LogP contribution is -2.47. The molecule has 1 fully saturated rings. The molecule has 6 nitrogen and oxygen atoms in total. The molecule has 2 amide bonds. The third kappa shape index (κ3) is 4.49. The van der Waals surface area contributed by atoms with Gasteiger partial charge in [-0.1, -0.05) is 23.2 Å². The second kappa shape index (κ2) is 6.98. The first-order valence-electron chi connectivity index (χ1n) is 6.30. The summed E-state index contributed by atoms with van der Waals surface area (Å²) in [7, 11) is 0. The molecule has 0 aromatic heterocycles. The van der Waals surface area contributed by atoms with Crippen LogP contribution < -0.4 is 5.32 Å². The molecule has 0 spiro atoms. The molecule has 1 heterocycles. The lowest BCUT2D eigenvalue weighted by atomic mass is 10.2. The van der Waals surface area contributed by atoms with Crippen molar-refractivity contribution in [3.05, 3.63) is 28.2 Å². The minimum absolute atomic E-state index is 0.128. The van der Waals surface area contributed by atoms with E-state index in [9.17, 15) is 9.59 Å². The van der Waals surface area contributed by atoms with Crippen LogP contribution in [0.5, 0.6) is 0 Å². The highest BCUT2D eigenvalue weighted by atomic mass is 35.5. The molecule has 1 saturated heterocycles. The summed E-state index contributed by atoms with van der Waals surface area (Å²) in [6.45, 7) is 0.954. The highest BCUT2D eigenvalue weighted by molar-refractivity contribution is 6.42. The van der Waals surface area contributed by atoms with Crippen molar-refractivity contribution in [3.63, 3.8) is 0 Å². The highest BCUT2D eigenvalue weighted by Crippen LogP contribution is 2.25. The number of aliphatic carboxylic acids is 1. The highest BCUT2D eigenvalue weighted by Gasteiger charge is 2.26. The summed E-state index contributed by atoms with van der Waals surface area (Å²) in [5.74, 6) is -0.952. The molecule has 1 aliphatic rings. The van der Waals surface area contributed by atoms with Gasteiger partial charge in [-0.15, -0.1) is 0 Å². The smallest absolute Gasteiger partial charge is 0.322 e. The van der Waals surface area contributed by atoms with Crippen molar-refractivity contribution >= 4 is 40.9 Å². The minimum atomic E-state index is -0.952. The largest absolute Gasteiger partial charge is 0.481 e. The van der Waals surface area contributed by atoms with Crippen molar-refractivity contribution in [2.24, 2.45) is 0 Å². The van der Waals surface area contributed by atoms with Crippen molar-refractivity contribution in [1.29, 1.82) is 0 Å². The zero-order chi connectivity index (χ0) is 15.4. The fraction of sp³-hybridized carbons (Fsp3) is 0.385. The van der Waals surface area contributed by atoms with E-state index in [1.807, 2.05) is 0 Å². The molecular weight excluding hydrogens is 319 g/mol. The molecule has 1 aromatic rings. The molecule has 1 atom stereocenters. The van der Waals surface area contributed by atoms with E-state index in [0.29, 0.717) is 28.9 Å². The Labute approximate surface area is 131 Å². The Balaban J connectivity index is 1.96. The van der Waals surface area contributed by atoms with Crippen LogP contribution in [0.1, 0.15) is 6.42 Å². The number of carboxylic acid groups (broad SMARTS) is 1. The predicted octanol–water partition coefficient (Wildman–Crippen LogP) is 2.70. The summed E-state index contributed by atoms with van der Waals surface area (Å²) >= 11 is 11.7. The van der Waals surface area contributed by atoms with Crippen LogP contribution in [0.2, 0.25) is 10.0 Å². The number of amides is 2. The summed E-state index contributed by atoms with van der Waals surface area (Å²) in [5.41, 5.74) is 0.524. The number of carboxylic acids is 1. The van der Waals surface area contributed by atoms with E-state index in [1.165, 1.54) is 4.90 Å². The number of carbonyl (C=O) groups excluding carboxylic acids is 1. The molecule has 2 N–H and O–H groups in total. The van der Waals surface area contributed by atoms with Gasteiger partial charge in [-0.25, -0.2) is 4.79 Å². The molecule has 21 heavy (non-hydrogen) atoms. The fourth-order valence-corrected chi connectivity index (χ4v) is 2.30. The minimum Gasteiger partial charge on any atom is -0.481 e. The maximum absolute atomic E-state index is 12.1. The quantitative estimate of drug-likeness (QED) is 0.891. The van der Waals surface area contributed by atoms with Crippen molar-refractivity contribution in [2.45, 2.75) is 12.5 Å². The monoisotopic (exact) mass is 332 g/mol. The number of anilines is 1. The third-order valence-corrected chi connectivity index (χ3v) is 3.74. The fourth-order valence-electron chi connectivity index (χ4n) is 2.00. The lowest BCUT2D eigenvalue weighted by Gasteiger charge is -2.32. The molecule has 1 aliphatic heterocycles. The summed E-state index contributed by atoms with van der Waals surface area (Å²) in [4.78, 5) is 24.3. The number of nitrogens with one attached hydrogen (secondary N) is 1. The van der Waals surface area contributed by atoms with Crippen LogP contribution in [0.25, 0.3) is 0 Å². The van der Waals surface area contributed by atoms with Crippen LogP contribution in [-0.2, 0) is 9.53 Å². The molecule has 8 heteroatoms. The maximum Gasteiger partial charge on any atom is 0.322 e. The molecule has 0 radical (unpaired) electrons. The first-order valence-corrected chi connectivity index (χ1v) is 7.05. The van der Waals surface area contributed by atoms with E-state index >= 15 is 0 Å². The Bertz CT molecular complexity index is 553. The van der Waals surface area contributed by atoms with Gasteiger partial charge in [0, 0.05) is 18.8 Å². The first-order chi connectivity index (χ1) is 9.95. The average Bonchev–Trinajstić information content (AvgIpc) is 2.42. The molecule has 2 rings (SSSR count). The van der Waals surface area contributed by atoms with Crippen molar-refractivity contribution in [1.82, 2.24) is 4.90 Å². The number of urea groups is 1. The van der Waals surface area contributed by atoms with Gasteiger partial charge in [-0.05, 0) is 18.2 Å². The number of ether oxygens (including phenoxy) is 1. The van der Waals surface area contributed by atoms with Crippen molar-refractivity contribution < 1.29 is 19.4 Å². The SMILES string of the molecule is O=C(O)CC1CN(C(=O)Nc2ccc(Cl)c(Cl)c2)CCO1. The summed E-state index contributed by atoms with van der Waals surface area (Å²) < 4.78 is 5.31. The molecule has 114 valence electrons. The Hall–Kier alpha value is -1.50. The van der Waals surface area contributed by atoms with Gasteiger partial charge in [0.1, 0.15) is 0 Å². The van der Waals surface area contributed by atoms with Gasteiger partial charge in [-0.2, -0.15) is 0 Å². The molecule has 1 unspecified atom stereocenters. The molecule has 0 aliphatic carbocycles. The summed E-state index contributed by atoms with van der Waals surface area (Å²) in [6, 6.07) is 4.46. The van der Waals surface area contributed by atoms with Crippen molar-refractivity contribution in [3.8, 4) is 0 Å². The second-order valence-electron chi connectivity index (χ2n) is 4.60. The van der Waals surface area contributed by atoms with Crippen LogP contribution in [0.4, 0.5) is 10.5 Å². The number of carbonyl (C=O) groups is 2. The van der Waals surface area contributed by atoms with E-state index < -0.39 is 12.1 Å². The van der Waals surface area contributed by atoms with Gasteiger partial charge in [0.05, 0.1) is 29.2 Å². The average molecular weight is 333 g/mol. The topological polar surface area (TPSA) is 78.9 Å². The van der Waals surface area contributed by atoms with Gasteiger partial charge >= 0.3 is 12.0 Å². The van der Waals surface area contributed by atoms with E-state index in [2.05, 4.69) is 5.32 Å². The standard InChI is InChI=1S/C13H14Cl2N2O4/c14-10-2-1-8(5-11(10)15)16-13(20)17-3-4-21-9(7-17)6-12(18)19/h1-2,5,9H,3-4,6-7H2,(H,16,20)(H,18,19). The number of rotatable bonds is 3. The lowest BCUT2D eigenvalue weighted by molar-refractivity contribution is -0.141. The maximum atomic E-state index is 12.1. The Morgan fingerprint density at radius 2 is 2.14 bits per heavy atom. The van der Waals surface area contributed by atoms with E-state index in [1.54, 1.807) is 18.2 Å². The number of morpholine rings is 1. The van der Waals surface area contributed by atoms with Gasteiger partial charge < -0.3 is 20.1 Å². The first kappa shape index (κ1) is 15.9. The Morgan fingerprint density at radius 1 is 1.38 bits per heavy atom. The Kier molecular flexibility index (Phi) is 5.27. The van der Waals surface area contributed by atoms with Crippen LogP contribution in [0.3, 0.4) is 0 Å². The van der Waals surface area contributed by atoms with Gasteiger partial charge in [-0.3, -0.25) is 4.79 Å². The second-order valence-corrected chi connectivity index (χ2v) is 5.41. The van der Waals surface area contributed by atoms with Crippen LogP contribution in [-0.4, -0.2) is 47.8 Å². The van der Waals surface area contributed by atoms with E-state index in [-0.39, 0.29) is 19.0 Å². The number of nitrogens with zero attached hydrogens (tertiary/aromatic N) is 1. The van der Waals surface area contributed by atoms with E-state index in [4.69, 9.17) is 33.0 Å². The zero-order valence-corrected chi connectivity index (χ0v) is 12.5. The summed E-state index contributed by atoms with van der Waals surface area (Å²) in [6.07, 6.45) is -0.618. The van der Waals surface area contributed by atoms with Gasteiger partial charge in [0.15, 0.2) is 0 Å². The number of halogens is 2. The van der Waals surface area contributed by atoms with Crippen LogP contribution in [0, 0.1) is 0 Å². The van der Waals surface area contributed by atoms with Gasteiger partial charge in [0.25, 0.3) is 0 Å². The normalized spacial score (nSPS) is 18.4. The predicted molar refractivity (Wildman–Crippen MR) is 79.0 cm³/mol. The van der Waals surface area contributed by atoms with Crippen LogP contribution in [0.15, 0.2) is 18.2 Å². The number of hydrogen-bond donors (Lipinski definition) is 2. The Morgan fingerprint density at radius 3 is 2.81 bits per heavy atom. The molecular formula is C13H14Cl2N2O4. The van der Waals surface area contributed by atoms with Gasteiger partial charge in [0.2, 0.25) is 0 Å².